The van der Waals surface area contributed by atoms with Crippen LogP contribution in [0.1, 0.15) is 11.1 Å². The van der Waals surface area contributed by atoms with E-state index in [1.165, 1.54) is 18.0 Å². The summed E-state index contributed by atoms with van der Waals surface area (Å²) >= 11 is 1.29. The minimum atomic E-state index is -0.265. The lowest BCUT2D eigenvalue weighted by atomic mass is 10.2. The Morgan fingerprint density at radius 3 is 2.51 bits per heavy atom. The predicted molar refractivity (Wildman–Crippen MR) is 138 cm³/mol. The number of thioether (sulfide) groups is 1. The number of amides is 1. The molecule has 0 atom stereocenters. The van der Waals surface area contributed by atoms with E-state index >= 15 is 0 Å². The van der Waals surface area contributed by atoms with Gasteiger partial charge in [-0.2, -0.15) is 5.10 Å². The van der Waals surface area contributed by atoms with Crippen LogP contribution in [0.15, 0.2) is 83.1 Å². The molecule has 1 heterocycles. The van der Waals surface area contributed by atoms with Gasteiger partial charge in [0.05, 0.1) is 26.2 Å². The van der Waals surface area contributed by atoms with Crippen LogP contribution in [0.2, 0.25) is 0 Å². The third-order valence-electron chi connectivity index (χ3n) is 5.12. The van der Waals surface area contributed by atoms with E-state index < -0.39 is 0 Å². The Kier molecular flexibility index (Phi) is 7.79. The molecular formula is C26H25N5O3S. The van der Waals surface area contributed by atoms with Crippen molar-refractivity contribution in [3.63, 3.8) is 0 Å². The van der Waals surface area contributed by atoms with E-state index in [-0.39, 0.29) is 11.7 Å². The quantitative estimate of drug-likeness (QED) is 0.212. The van der Waals surface area contributed by atoms with E-state index in [2.05, 4.69) is 20.7 Å². The Hall–Kier alpha value is -4.11. The molecule has 0 aliphatic heterocycles. The zero-order chi connectivity index (χ0) is 24.6. The number of ether oxygens (including phenoxy) is 2. The van der Waals surface area contributed by atoms with E-state index in [1.54, 1.807) is 32.4 Å². The van der Waals surface area contributed by atoms with Gasteiger partial charge >= 0.3 is 0 Å². The average molecular weight is 488 g/mol. The third kappa shape index (κ3) is 5.88. The van der Waals surface area contributed by atoms with Crippen molar-refractivity contribution in [2.24, 2.45) is 5.10 Å². The van der Waals surface area contributed by atoms with Crippen LogP contribution in [-0.2, 0) is 4.79 Å². The number of hydrogen-bond donors (Lipinski definition) is 1. The number of aromatic nitrogens is 3. The van der Waals surface area contributed by atoms with E-state index in [0.29, 0.717) is 28.0 Å². The van der Waals surface area contributed by atoms with Gasteiger partial charge in [-0.1, -0.05) is 59.8 Å². The van der Waals surface area contributed by atoms with Crippen LogP contribution in [0, 0.1) is 6.92 Å². The van der Waals surface area contributed by atoms with Crippen molar-refractivity contribution in [1.82, 2.24) is 20.2 Å². The normalized spacial score (nSPS) is 10.9. The lowest BCUT2D eigenvalue weighted by Gasteiger charge is -2.10. The number of carbonyl (C=O) groups excluding carboxylic acids is 1. The van der Waals surface area contributed by atoms with Crippen molar-refractivity contribution in [3.05, 3.63) is 83.9 Å². The standard InChI is InChI=1S/C26H25N5O3S/c1-18-9-12-21(13-10-18)31-25(19-7-5-4-6-8-19)29-30-26(31)35-17-24(32)28-27-16-20-11-14-22(33-2)15-23(20)34-3/h4-16H,17H2,1-3H3,(H,28,32). The van der Waals surface area contributed by atoms with Gasteiger partial charge in [-0.15, -0.1) is 10.2 Å². The fourth-order valence-electron chi connectivity index (χ4n) is 3.33. The van der Waals surface area contributed by atoms with Crippen LogP contribution < -0.4 is 14.9 Å². The molecule has 0 aliphatic rings. The van der Waals surface area contributed by atoms with Crippen LogP contribution >= 0.6 is 11.8 Å². The number of nitrogens with one attached hydrogen (secondary N) is 1. The Balaban J connectivity index is 1.48. The first-order valence-electron chi connectivity index (χ1n) is 10.8. The van der Waals surface area contributed by atoms with E-state index in [0.717, 1.165) is 16.8 Å². The van der Waals surface area contributed by atoms with Crippen LogP contribution in [0.5, 0.6) is 11.5 Å². The van der Waals surface area contributed by atoms with E-state index in [9.17, 15) is 4.79 Å². The molecule has 35 heavy (non-hydrogen) atoms. The smallest absolute Gasteiger partial charge is 0.250 e. The molecule has 0 saturated carbocycles. The van der Waals surface area contributed by atoms with E-state index in [1.807, 2.05) is 66.1 Å². The Labute approximate surface area is 208 Å². The van der Waals surface area contributed by atoms with Gasteiger partial charge in [-0.05, 0) is 31.2 Å². The molecule has 0 fully saturated rings. The minimum absolute atomic E-state index is 0.121. The molecular weight excluding hydrogens is 462 g/mol. The molecule has 1 N–H and O–H groups in total. The van der Waals surface area contributed by atoms with Gasteiger partial charge in [0.1, 0.15) is 11.5 Å². The summed E-state index contributed by atoms with van der Waals surface area (Å²) in [7, 11) is 3.15. The Morgan fingerprint density at radius 1 is 1.03 bits per heavy atom. The molecule has 3 aromatic carbocycles. The molecule has 9 heteroatoms. The first-order chi connectivity index (χ1) is 17.1. The fraction of sp³-hybridized carbons (Fsp3) is 0.154. The molecule has 0 unspecified atom stereocenters. The van der Waals surface area contributed by atoms with Crippen molar-refractivity contribution in [2.45, 2.75) is 12.1 Å². The monoisotopic (exact) mass is 487 g/mol. The van der Waals surface area contributed by atoms with Gasteiger partial charge in [0.15, 0.2) is 11.0 Å². The van der Waals surface area contributed by atoms with E-state index in [4.69, 9.17) is 9.47 Å². The zero-order valence-electron chi connectivity index (χ0n) is 19.6. The second-order valence-electron chi connectivity index (χ2n) is 7.53. The van der Waals surface area contributed by atoms with Crippen molar-refractivity contribution in [2.75, 3.05) is 20.0 Å². The highest BCUT2D eigenvalue weighted by Crippen LogP contribution is 2.28. The molecule has 1 amide bonds. The molecule has 0 saturated heterocycles. The van der Waals surface area contributed by atoms with Crippen LogP contribution in [-0.4, -0.2) is 46.9 Å². The number of benzene rings is 3. The van der Waals surface area contributed by atoms with Crippen molar-refractivity contribution < 1.29 is 14.3 Å². The first kappa shape index (κ1) is 24.0. The number of hydrogen-bond acceptors (Lipinski definition) is 7. The summed E-state index contributed by atoms with van der Waals surface area (Å²) in [6, 6.07) is 23.3. The molecule has 0 aliphatic carbocycles. The number of aryl methyl sites for hydroxylation is 1. The molecule has 1 aromatic heterocycles. The molecule has 0 spiro atoms. The van der Waals surface area contributed by atoms with Crippen LogP contribution in [0.3, 0.4) is 0 Å². The summed E-state index contributed by atoms with van der Waals surface area (Å²) in [4.78, 5) is 12.5. The SMILES string of the molecule is COc1ccc(C=NNC(=O)CSc2nnc(-c3ccccc3)n2-c2ccc(C)cc2)c(OC)c1. The predicted octanol–water partition coefficient (Wildman–Crippen LogP) is 4.50. The van der Waals surface area contributed by atoms with Gasteiger partial charge in [-0.3, -0.25) is 9.36 Å². The summed E-state index contributed by atoms with van der Waals surface area (Å²) < 4.78 is 12.5. The van der Waals surface area contributed by atoms with Crippen molar-refractivity contribution in [3.8, 4) is 28.6 Å². The lowest BCUT2D eigenvalue weighted by molar-refractivity contribution is -0.118. The van der Waals surface area contributed by atoms with Crippen LogP contribution in [0.25, 0.3) is 17.1 Å². The third-order valence-corrected chi connectivity index (χ3v) is 6.05. The van der Waals surface area contributed by atoms with Gasteiger partial charge in [0.2, 0.25) is 0 Å². The number of carbonyl (C=O) groups is 1. The second kappa shape index (κ2) is 11.3. The molecule has 0 radical (unpaired) electrons. The topological polar surface area (TPSA) is 90.6 Å². The lowest BCUT2D eigenvalue weighted by Crippen LogP contribution is -2.20. The molecule has 0 bridgehead atoms. The second-order valence-corrected chi connectivity index (χ2v) is 8.48. The maximum atomic E-state index is 12.5. The van der Waals surface area contributed by atoms with Crippen molar-refractivity contribution >= 4 is 23.9 Å². The summed E-state index contributed by atoms with van der Waals surface area (Å²) in [5, 5.41) is 13.4. The highest BCUT2D eigenvalue weighted by Gasteiger charge is 2.17. The summed E-state index contributed by atoms with van der Waals surface area (Å²) in [6.07, 6.45) is 1.53. The first-order valence-corrected chi connectivity index (χ1v) is 11.8. The van der Waals surface area contributed by atoms with Crippen LogP contribution in [0.4, 0.5) is 0 Å². The number of nitrogens with zero attached hydrogens (tertiary/aromatic N) is 4. The largest absolute Gasteiger partial charge is 0.497 e. The summed E-state index contributed by atoms with van der Waals surface area (Å²) in [5.74, 6) is 1.83. The summed E-state index contributed by atoms with van der Waals surface area (Å²) in [5.41, 5.74) is 6.29. The highest BCUT2D eigenvalue weighted by atomic mass is 32.2. The zero-order valence-corrected chi connectivity index (χ0v) is 20.5. The average Bonchev–Trinajstić information content (AvgIpc) is 3.32. The van der Waals surface area contributed by atoms with Gasteiger partial charge in [0, 0.05) is 22.9 Å². The molecule has 4 rings (SSSR count). The molecule has 4 aromatic rings. The van der Waals surface area contributed by atoms with Gasteiger partial charge < -0.3 is 9.47 Å². The molecule has 8 nitrogen and oxygen atoms in total. The maximum absolute atomic E-state index is 12.5. The fourth-order valence-corrected chi connectivity index (χ4v) is 4.07. The minimum Gasteiger partial charge on any atom is -0.497 e. The number of rotatable bonds is 9. The Bertz CT molecular complexity index is 1320. The Morgan fingerprint density at radius 2 is 1.80 bits per heavy atom. The molecule has 178 valence electrons. The van der Waals surface area contributed by atoms with Gasteiger partial charge in [0.25, 0.3) is 5.91 Å². The number of methoxy groups -OCH3 is 2. The maximum Gasteiger partial charge on any atom is 0.250 e. The number of hydrazone groups is 1. The highest BCUT2D eigenvalue weighted by molar-refractivity contribution is 7.99. The van der Waals surface area contributed by atoms with Crippen molar-refractivity contribution in [1.29, 1.82) is 0 Å². The van der Waals surface area contributed by atoms with Gasteiger partial charge in [-0.25, -0.2) is 5.43 Å². The summed E-state index contributed by atoms with van der Waals surface area (Å²) in [6.45, 7) is 2.04.